The molecule has 26 heteroatoms. The fraction of sp³-hybridized carbons (Fsp3) is 0.265. The first-order valence-electron chi connectivity index (χ1n) is 23.0. The zero-order valence-electron chi connectivity index (χ0n) is 39.4. The minimum atomic E-state index is -4.44. The summed E-state index contributed by atoms with van der Waals surface area (Å²) in [5.74, 6) is -0.371. The Morgan fingerprint density at radius 3 is 1.92 bits per heavy atom. The van der Waals surface area contributed by atoms with Gasteiger partial charge < -0.3 is 25.1 Å². The number of rotatable bonds is 14. The zero-order valence-corrected chi connectivity index (χ0v) is 42.8. The number of benzene rings is 4. The lowest BCUT2D eigenvalue weighted by Crippen LogP contribution is -2.37. The highest BCUT2D eigenvalue weighted by Crippen LogP contribution is 2.67. The molecule has 10 rings (SSSR count). The SMILES string of the molecule is CO[C@H]1[C@H]2OP(=O)(SCc3ccc(C(=O)c4ccc(O)cc4)cc3)OC[C@H]3O[C@@H](n4ccc(=O)[nH]c4=O)C[C@@H]3OP(=O)(SCc3ccc(C(=O)c4ccc(C=O)cc4)cc3)OC[C@H]1O[C@H]2n1cnc2c(N)ncnc21. The van der Waals surface area contributed by atoms with Crippen molar-refractivity contribution in [2.75, 3.05) is 26.1 Å². The highest BCUT2D eigenvalue weighted by molar-refractivity contribution is 8.55. The number of aldehydes is 1. The molecule has 3 saturated heterocycles. The number of hydrogen-bond donors (Lipinski definition) is 3. The molecular formula is C49H45N7O15P2S2. The predicted molar refractivity (Wildman–Crippen MR) is 273 cm³/mol. The third kappa shape index (κ3) is 11.4. The van der Waals surface area contributed by atoms with Crippen LogP contribution in [-0.2, 0) is 52.9 Å². The number of aromatic nitrogens is 6. The second-order valence-electron chi connectivity index (χ2n) is 17.3. The zero-order chi connectivity index (χ0) is 52.4. The van der Waals surface area contributed by atoms with Gasteiger partial charge in [0.15, 0.2) is 29.3 Å². The molecule has 3 fully saturated rings. The first-order chi connectivity index (χ1) is 36.2. The number of H-pyrrole nitrogens is 1. The number of phenols is 1. The minimum Gasteiger partial charge on any atom is -0.508 e. The summed E-state index contributed by atoms with van der Waals surface area (Å²) in [6.07, 6.45) is -3.61. The van der Waals surface area contributed by atoms with E-state index in [1.807, 2.05) is 0 Å². The molecule has 2 bridgehead atoms. The molecule has 22 nitrogen and oxygen atoms in total. The molecule has 0 radical (unpaired) electrons. The van der Waals surface area contributed by atoms with Crippen LogP contribution in [0.15, 0.2) is 132 Å². The second-order valence-corrected chi connectivity index (χ2v) is 25.4. The number of phenolic OH excluding ortho intramolecular Hbond substituents is 1. The number of nitrogen functional groups attached to an aromatic ring is 1. The van der Waals surface area contributed by atoms with Crippen LogP contribution in [0, 0.1) is 0 Å². The van der Waals surface area contributed by atoms with Crippen molar-refractivity contribution < 1.29 is 60.9 Å². The molecule has 0 saturated carbocycles. The molecule has 0 aliphatic carbocycles. The van der Waals surface area contributed by atoms with Crippen LogP contribution < -0.4 is 17.0 Å². The summed E-state index contributed by atoms with van der Waals surface area (Å²) in [6, 6.07) is 26.5. The Bertz CT molecular complexity index is 3470. The van der Waals surface area contributed by atoms with E-state index in [9.17, 15) is 29.1 Å². The molecule has 6 heterocycles. The van der Waals surface area contributed by atoms with Crippen molar-refractivity contribution in [3.63, 3.8) is 0 Å². The molecule has 3 aromatic heterocycles. The summed E-state index contributed by atoms with van der Waals surface area (Å²) in [7, 11) is 1.39. The lowest BCUT2D eigenvalue weighted by atomic mass is 10.0. The number of imidazole rings is 1. The number of carbonyl (C=O) groups excluding carboxylic acids is 3. The van der Waals surface area contributed by atoms with Gasteiger partial charge in [0.1, 0.15) is 60.6 Å². The van der Waals surface area contributed by atoms with Gasteiger partial charge in [-0.15, -0.1) is 0 Å². The van der Waals surface area contributed by atoms with Crippen LogP contribution in [0.1, 0.15) is 72.2 Å². The van der Waals surface area contributed by atoms with Gasteiger partial charge >= 0.3 is 19.3 Å². The Kier molecular flexibility index (Phi) is 15.3. The van der Waals surface area contributed by atoms with E-state index in [-0.39, 0.29) is 52.2 Å². The van der Waals surface area contributed by atoms with Crippen LogP contribution in [0.4, 0.5) is 5.82 Å². The van der Waals surface area contributed by atoms with Crippen LogP contribution in [0.25, 0.3) is 11.2 Å². The molecule has 0 spiro atoms. The van der Waals surface area contributed by atoms with Crippen molar-refractivity contribution in [3.05, 3.63) is 182 Å². The third-order valence-electron chi connectivity index (χ3n) is 12.5. The van der Waals surface area contributed by atoms with Crippen molar-refractivity contribution in [2.24, 2.45) is 0 Å². The fourth-order valence-corrected chi connectivity index (χ4v) is 15.4. The predicted octanol–water partition coefficient (Wildman–Crippen LogP) is 7.04. The minimum absolute atomic E-state index is 0.0203. The number of hydrogen-bond acceptors (Lipinski definition) is 21. The fourth-order valence-electron chi connectivity index (χ4n) is 8.62. The Morgan fingerprint density at radius 1 is 0.760 bits per heavy atom. The maximum absolute atomic E-state index is 15.5. The summed E-state index contributed by atoms with van der Waals surface area (Å²) in [5, 5.41) is 9.71. The van der Waals surface area contributed by atoms with Crippen LogP contribution in [-0.4, -0.2) is 103 Å². The van der Waals surface area contributed by atoms with E-state index in [1.54, 1.807) is 72.8 Å². The van der Waals surface area contributed by atoms with Gasteiger partial charge in [0.25, 0.3) is 5.56 Å². The Hall–Kier alpha value is -6.40. The van der Waals surface area contributed by atoms with Gasteiger partial charge in [0.2, 0.25) is 0 Å². The normalized spacial score (nSPS) is 25.9. The van der Waals surface area contributed by atoms with E-state index in [2.05, 4.69) is 19.9 Å². The average molecular weight is 1100 g/mol. The average Bonchev–Trinajstić information content (AvgIpc) is 4.14. The van der Waals surface area contributed by atoms with Gasteiger partial charge in [-0.2, -0.15) is 0 Å². The van der Waals surface area contributed by atoms with Crippen molar-refractivity contribution in [1.82, 2.24) is 29.1 Å². The quantitative estimate of drug-likeness (QED) is 0.0559. The van der Waals surface area contributed by atoms with E-state index >= 15 is 9.13 Å². The largest absolute Gasteiger partial charge is 0.508 e. The molecule has 388 valence electrons. The maximum Gasteiger partial charge on any atom is 0.390 e. The number of aromatic hydroxyl groups is 1. The number of methoxy groups -OCH3 is 1. The van der Waals surface area contributed by atoms with Gasteiger partial charge in [-0.25, -0.2) is 28.9 Å². The van der Waals surface area contributed by atoms with Crippen molar-refractivity contribution in [2.45, 2.75) is 60.9 Å². The maximum atomic E-state index is 15.5. The first-order valence-corrected chi connectivity index (χ1v) is 29.3. The Balaban J connectivity index is 0.970. The van der Waals surface area contributed by atoms with Crippen LogP contribution in [0.2, 0.25) is 0 Å². The van der Waals surface area contributed by atoms with Crippen molar-refractivity contribution in [1.29, 1.82) is 0 Å². The topological polar surface area (TPSA) is 295 Å². The lowest BCUT2D eigenvalue weighted by Gasteiger charge is -2.29. The summed E-state index contributed by atoms with van der Waals surface area (Å²) in [6.45, 7) is -9.75. The standard InChI is InChI=1S/C49H45N7O15P2S2/c1-65-44-38-23-67-72(63,74-24-29-4-10-32(11-5-29)42(60)31-8-2-28(21-57)3-9-31)70-36-20-40(55-19-18-39(59)54-49(55)62)68-37(36)22-66-73(64,71-45(44)48(69-38)56-27-53-41-46(50)51-26-52-47(41)56)75-25-30-6-12-33(13-7-30)43(61)34-14-16-35(58)17-15-34/h2-19,21,26-27,36-38,40,44-45,48,58H,20,22-25H2,1H3,(H2,50,51,52)(H,54,59,62)/t36-,37+,38+,40+,44+,45+,48+,72?,73?/m0/s1. The Morgan fingerprint density at radius 2 is 1.33 bits per heavy atom. The number of anilines is 1. The summed E-state index contributed by atoms with van der Waals surface area (Å²) in [5.41, 5.74) is 8.42. The van der Waals surface area contributed by atoms with Gasteiger partial charge in [0, 0.05) is 65.1 Å². The van der Waals surface area contributed by atoms with Crippen LogP contribution in [0.5, 0.6) is 5.75 Å². The first kappa shape index (κ1) is 52.1. The highest BCUT2D eigenvalue weighted by Gasteiger charge is 2.53. The third-order valence-corrected chi connectivity index (χ3v) is 19.9. The molecular weight excluding hydrogens is 1050 g/mol. The molecule has 4 N–H and O–H groups in total. The number of carbonyl (C=O) groups is 3. The number of nitrogens with zero attached hydrogens (tertiary/aromatic N) is 5. The van der Waals surface area contributed by atoms with Crippen LogP contribution >= 0.6 is 36.4 Å². The van der Waals surface area contributed by atoms with E-state index in [1.165, 1.54) is 54.8 Å². The van der Waals surface area contributed by atoms with E-state index in [4.69, 9.17) is 38.0 Å². The summed E-state index contributed by atoms with van der Waals surface area (Å²) in [4.78, 5) is 77.9. The van der Waals surface area contributed by atoms with Crippen molar-refractivity contribution >= 4 is 71.2 Å². The number of fused-ring (bicyclic) bond motifs is 4. The van der Waals surface area contributed by atoms with E-state index in [0.29, 0.717) is 45.2 Å². The molecule has 3 aliphatic rings. The summed E-state index contributed by atoms with van der Waals surface area (Å²) < 4.78 is 78.3. The molecule has 0 amide bonds. The molecule has 9 atom stereocenters. The number of nitrogens with one attached hydrogen (secondary N) is 1. The lowest BCUT2D eigenvalue weighted by molar-refractivity contribution is -0.0581. The smallest absolute Gasteiger partial charge is 0.390 e. The molecule has 7 aromatic rings. The van der Waals surface area contributed by atoms with Crippen LogP contribution in [0.3, 0.4) is 0 Å². The number of ketones is 2. The highest BCUT2D eigenvalue weighted by atomic mass is 32.7. The number of aromatic amines is 1. The number of ether oxygens (including phenoxy) is 3. The monoisotopic (exact) mass is 1100 g/mol. The van der Waals surface area contributed by atoms with Crippen molar-refractivity contribution in [3.8, 4) is 5.75 Å². The van der Waals surface area contributed by atoms with E-state index in [0.717, 1.165) is 33.4 Å². The van der Waals surface area contributed by atoms with E-state index < -0.39 is 81.0 Å². The molecule has 4 aromatic carbocycles. The number of nitrogens with two attached hydrogens (primary N) is 1. The van der Waals surface area contributed by atoms with Gasteiger partial charge in [-0.3, -0.25) is 51.4 Å². The van der Waals surface area contributed by atoms with Gasteiger partial charge in [-0.1, -0.05) is 72.8 Å². The van der Waals surface area contributed by atoms with Gasteiger partial charge in [-0.05, 0) is 58.2 Å². The molecule has 2 unspecified atom stereocenters. The summed E-state index contributed by atoms with van der Waals surface area (Å²) >= 11 is 1.66. The molecule has 3 aliphatic heterocycles. The van der Waals surface area contributed by atoms with Gasteiger partial charge in [0.05, 0.1) is 19.5 Å². The second kappa shape index (κ2) is 22.1. The Labute approximate surface area is 433 Å². The molecule has 75 heavy (non-hydrogen) atoms.